The lowest BCUT2D eigenvalue weighted by Gasteiger charge is -2.25. The largest absolute Gasteiger partial charge is 0.493 e. The van der Waals surface area contributed by atoms with Crippen LogP contribution >= 0.6 is 11.8 Å². The van der Waals surface area contributed by atoms with Crippen LogP contribution in [0.4, 0.5) is 10.2 Å². The number of aryl methyl sites for hydroxylation is 1. The minimum absolute atomic E-state index is 0.138. The van der Waals surface area contributed by atoms with Crippen molar-refractivity contribution < 1.29 is 18.6 Å². The van der Waals surface area contributed by atoms with E-state index in [9.17, 15) is 4.39 Å². The summed E-state index contributed by atoms with van der Waals surface area (Å²) in [7, 11) is 4.80. The maximum atomic E-state index is 13.6. The average Bonchev–Trinajstić information content (AvgIpc) is 3.24. The first-order valence-corrected chi connectivity index (χ1v) is 11.9. The zero-order valence-corrected chi connectivity index (χ0v) is 20.6. The summed E-state index contributed by atoms with van der Waals surface area (Å²) in [5.74, 6) is 2.11. The number of nitrogens with zero attached hydrogens (tertiary/aromatic N) is 3. The highest BCUT2D eigenvalue weighted by Gasteiger charge is 2.33. The Morgan fingerprint density at radius 1 is 0.886 bits per heavy atom. The normalized spacial score (nSPS) is 14.8. The molecular formula is C27H24FN3O3S. The van der Waals surface area contributed by atoms with Crippen LogP contribution in [0.2, 0.25) is 0 Å². The van der Waals surface area contributed by atoms with Crippen LogP contribution in [0.1, 0.15) is 27.6 Å². The van der Waals surface area contributed by atoms with Gasteiger partial charge in [0.1, 0.15) is 10.9 Å². The van der Waals surface area contributed by atoms with Gasteiger partial charge >= 0.3 is 0 Å². The van der Waals surface area contributed by atoms with E-state index in [-0.39, 0.29) is 11.1 Å². The van der Waals surface area contributed by atoms with Gasteiger partial charge in [-0.25, -0.2) is 14.1 Å². The summed E-state index contributed by atoms with van der Waals surface area (Å²) in [4.78, 5) is 5.03. The summed E-state index contributed by atoms with van der Waals surface area (Å²) in [6, 6.07) is 20.2. The number of thioether (sulfide) groups is 1. The molecule has 0 radical (unpaired) electrons. The topological polar surface area (TPSA) is 57.9 Å². The Kier molecular flexibility index (Phi) is 6.21. The summed E-state index contributed by atoms with van der Waals surface area (Å²) < 4.78 is 32.2. The molecule has 0 unspecified atom stereocenters. The first-order valence-electron chi connectivity index (χ1n) is 11.0. The van der Waals surface area contributed by atoms with Crippen molar-refractivity contribution in [3.63, 3.8) is 0 Å². The number of rotatable bonds is 6. The third-order valence-electron chi connectivity index (χ3n) is 5.86. The lowest BCUT2D eigenvalue weighted by molar-refractivity contribution is 0.324. The predicted octanol–water partition coefficient (Wildman–Crippen LogP) is 6.26. The molecular weight excluding hydrogens is 465 g/mol. The number of hydrogen-bond acceptors (Lipinski definition) is 6. The van der Waals surface area contributed by atoms with Gasteiger partial charge in [0.15, 0.2) is 17.3 Å². The second-order valence-electron chi connectivity index (χ2n) is 7.95. The highest BCUT2D eigenvalue weighted by atomic mass is 32.2. The van der Waals surface area contributed by atoms with Crippen molar-refractivity contribution in [2.45, 2.75) is 12.2 Å². The maximum absolute atomic E-state index is 13.6. The Bertz CT molecular complexity index is 1380. The van der Waals surface area contributed by atoms with Crippen molar-refractivity contribution in [3.05, 3.63) is 94.9 Å². The number of aromatic nitrogens is 2. The van der Waals surface area contributed by atoms with E-state index in [1.165, 1.54) is 12.1 Å². The molecule has 1 aliphatic rings. The van der Waals surface area contributed by atoms with Crippen LogP contribution in [0.25, 0.3) is 5.69 Å². The lowest BCUT2D eigenvalue weighted by atomic mass is 10.0. The van der Waals surface area contributed by atoms with Gasteiger partial charge in [0.25, 0.3) is 0 Å². The summed E-state index contributed by atoms with van der Waals surface area (Å²) in [6.45, 7) is 1.97. The lowest BCUT2D eigenvalue weighted by Crippen LogP contribution is -2.10. The fraction of sp³-hybridized carbons (Fsp3) is 0.185. The third-order valence-corrected chi connectivity index (χ3v) is 7.16. The molecule has 0 amide bonds. The van der Waals surface area contributed by atoms with E-state index in [1.807, 2.05) is 49.4 Å². The molecule has 0 saturated carbocycles. The summed E-state index contributed by atoms with van der Waals surface area (Å²) >= 11 is 1.64. The number of aliphatic imine (C=N–C) groups is 1. The van der Waals surface area contributed by atoms with Gasteiger partial charge in [-0.05, 0) is 48.9 Å². The zero-order valence-electron chi connectivity index (χ0n) is 19.8. The Morgan fingerprint density at radius 2 is 1.54 bits per heavy atom. The van der Waals surface area contributed by atoms with E-state index in [2.05, 4.69) is 0 Å². The molecule has 178 valence electrons. The van der Waals surface area contributed by atoms with Crippen LogP contribution in [0.15, 0.2) is 71.7 Å². The monoisotopic (exact) mass is 489 g/mol. The summed E-state index contributed by atoms with van der Waals surface area (Å²) in [5.41, 5.74) is 4.53. The van der Waals surface area contributed by atoms with Gasteiger partial charge in [0, 0.05) is 11.1 Å². The van der Waals surface area contributed by atoms with Crippen LogP contribution < -0.4 is 14.2 Å². The molecule has 4 aromatic rings. The van der Waals surface area contributed by atoms with E-state index in [0.717, 1.165) is 33.1 Å². The van der Waals surface area contributed by atoms with E-state index in [1.54, 1.807) is 49.9 Å². The Morgan fingerprint density at radius 3 is 2.14 bits per heavy atom. The summed E-state index contributed by atoms with van der Waals surface area (Å²) in [5, 5.41) is 5.52. The molecule has 1 aromatic heterocycles. The molecule has 1 aliphatic heterocycles. The molecule has 0 spiro atoms. The molecule has 0 aliphatic carbocycles. The van der Waals surface area contributed by atoms with Gasteiger partial charge < -0.3 is 14.2 Å². The molecule has 0 fully saturated rings. The SMILES string of the molecule is COc1cc([C@@H]2SC(c3ccccc3)=Nc3c2c(C)nn3-c2ccc(F)cc2)cc(OC)c1OC. The predicted molar refractivity (Wildman–Crippen MR) is 136 cm³/mol. The Labute approximate surface area is 207 Å². The number of halogens is 1. The van der Waals surface area contributed by atoms with Crippen molar-refractivity contribution in [2.24, 2.45) is 4.99 Å². The molecule has 0 N–H and O–H groups in total. The molecule has 5 rings (SSSR count). The molecule has 8 heteroatoms. The van der Waals surface area contributed by atoms with Crippen LogP contribution in [0.5, 0.6) is 17.2 Å². The number of hydrogen-bond donors (Lipinski definition) is 0. The van der Waals surface area contributed by atoms with Crippen molar-refractivity contribution in [2.75, 3.05) is 21.3 Å². The Balaban J connectivity index is 1.73. The Hall–Kier alpha value is -3.78. The van der Waals surface area contributed by atoms with Gasteiger partial charge in [-0.2, -0.15) is 5.10 Å². The van der Waals surface area contributed by atoms with Crippen LogP contribution in [-0.4, -0.2) is 36.2 Å². The molecule has 0 bridgehead atoms. The molecule has 6 nitrogen and oxygen atoms in total. The number of methoxy groups -OCH3 is 3. The maximum Gasteiger partial charge on any atom is 0.203 e. The van der Waals surface area contributed by atoms with Crippen molar-refractivity contribution in [1.29, 1.82) is 0 Å². The average molecular weight is 490 g/mol. The highest BCUT2D eigenvalue weighted by molar-refractivity contribution is 8.14. The minimum atomic E-state index is -0.300. The third kappa shape index (κ3) is 4.14. The highest BCUT2D eigenvalue weighted by Crippen LogP contribution is 2.51. The molecule has 2 heterocycles. The minimum Gasteiger partial charge on any atom is -0.493 e. The number of ether oxygens (including phenoxy) is 3. The van der Waals surface area contributed by atoms with Gasteiger partial charge in [-0.15, -0.1) is 0 Å². The van der Waals surface area contributed by atoms with Gasteiger partial charge in [-0.1, -0.05) is 42.1 Å². The van der Waals surface area contributed by atoms with Crippen molar-refractivity contribution >= 4 is 22.6 Å². The first kappa shape index (κ1) is 23.0. The second-order valence-corrected chi connectivity index (χ2v) is 9.04. The standard InChI is InChI=1S/C27H24FN3O3S/c1-16-23-25(18-14-21(32-2)24(34-4)22(15-18)33-3)35-27(17-8-6-5-7-9-17)29-26(23)31(30-16)20-12-10-19(28)11-13-20/h5-15,25H,1-4H3/t25-/m0/s1. The molecule has 1 atom stereocenters. The fourth-order valence-electron chi connectivity index (χ4n) is 4.20. The fourth-order valence-corrected chi connectivity index (χ4v) is 5.50. The van der Waals surface area contributed by atoms with E-state index in [4.69, 9.17) is 24.3 Å². The summed E-state index contributed by atoms with van der Waals surface area (Å²) in [6.07, 6.45) is 0. The number of benzene rings is 3. The van der Waals surface area contributed by atoms with Crippen LogP contribution in [-0.2, 0) is 0 Å². The van der Waals surface area contributed by atoms with E-state index >= 15 is 0 Å². The van der Waals surface area contributed by atoms with E-state index < -0.39 is 0 Å². The zero-order chi connectivity index (χ0) is 24.5. The smallest absolute Gasteiger partial charge is 0.203 e. The van der Waals surface area contributed by atoms with Crippen molar-refractivity contribution in [3.8, 4) is 22.9 Å². The molecule has 0 saturated heterocycles. The van der Waals surface area contributed by atoms with Gasteiger partial charge in [0.05, 0.1) is 38.0 Å². The van der Waals surface area contributed by atoms with Crippen molar-refractivity contribution in [1.82, 2.24) is 9.78 Å². The number of fused-ring (bicyclic) bond motifs is 1. The quantitative estimate of drug-likeness (QED) is 0.320. The van der Waals surface area contributed by atoms with E-state index in [0.29, 0.717) is 23.1 Å². The van der Waals surface area contributed by atoms with Crippen LogP contribution in [0.3, 0.4) is 0 Å². The molecule has 35 heavy (non-hydrogen) atoms. The van der Waals surface area contributed by atoms with Crippen LogP contribution in [0, 0.1) is 12.7 Å². The van der Waals surface area contributed by atoms with Gasteiger partial charge in [-0.3, -0.25) is 0 Å². The van der Waals surface area contributed by atoms with Gasteiger partial charge in [0.2, 0.25) is 5.75 Å². The molecule has 3 aromatic carbocycles. The second kappa shape index (κ2) is 9.46. The first-order chi connectivity index (χ1) is 17.0.